The number of hydrogen-bond donors (Lipinski definition) is 2. The molecule has 12 heteroatoms. The van der Waals surface area contributed by atoms with Crippen LogP contribution in [-0.2, 0) is 29.0 Å². The molecule has 5 aliphatic rings. The number of para-hydroxylation sites is 1. The Hall–Kier alpha value is -4.65. The third kappa shape index (κ3) is 6.06. The molecular weight excluding hydrogens is 759 g/mol. The lowest BCUT2D eigenvalue weighted by Gasteiger charge is -2.65. The van der Waals surface area contributed by atoms with Gasteiger partial charge in [0.15, 0.2) is 10.8 Å². The third-order valence-corrected chi connectivity index (χ3v) is 15.6. The quantitative estimate of drug-likeness (QED) is 0.133. The zero-order valence-electron chi connectivity index (χ0n) is 35.1. The summed E-state index contributed by atoms with van der Waals surface area (Å²) in [5.74, 6) is -0.0143. The van der Waals surface area contributed by atoms with Crippen LogP contribution in [0.3, 0.4) is 0 Å². The molecule has 4 aliphatic carbocycles. The lowest BCUT2D eigenvalue weighted by Crippen LogP contribution is -2.60. The fourth-order valence-corrected chi connectivity index (χ4v) is 14.0. The fraction of sp³-hybridized carbons (Fsp3) is 0.511. The van der Waals surface area contributed by atoms with Crippen LogP contribution in [0.15, 0.2) is 60.8 Å². The van der Waals surface area contributed by atoms with Crippen molar-refractivity contribution in [2.45, 2.75) is 111 Å². The number of thiazole rings is 1. The number of aromatic nitrogens is 4. The number of carbonyl (C=O) groups excluding carboxylic acids is 2. The monoisotopic (exact) mass is 813 g/mol. The number of nitrogens with two attached hydrogens (primary N) is 1. The standard InChI is InChI=1S/C47H55N7O4S/c1-29-33(20-49-54(29)28-45-25-44(6)22-43(5)23-46(26-45,57-19-17-48)27-47(44,45)24-43)31-14-15-37(51-38(31)40(56)58-42(2,3)4)53-18-16-30-10-9-11-32(34(30)21-53)39(55)52-41-50-35-12-7-8-13-36(35)59-41/h7-15,20H,16-19,21-28,48H2,1-6H3,(H,50,52,55). The van der Waals surface area contributed by atoms with Crippen molar-refractivity contribution in [2.75, 3.05) is 29.9 Å². The van der Waals surface area contributed by atoms with E-state index in [4.69, 9.17) is 25.3 Å². The number of esters is 1. The van der Waals surface area contributed by atoms with E-state index in [0.717, 1.165) is 64.8 Å². The van der Waals surface area contributed by atoms with E-state index in [1.807, 2.05) is 75.5 Å². The van der Waals surface area contributed by atoms with Crippen LogP contribution in [0.5, 0.6) is 0 Å². The maximum Gasteiger partial charge on any atom is 0.358 e. The van der Waals surface area contributed by atoms with E-state index in [2.05, 4.69) is 46.7 Å². The summed E-state index contributed by atoms with van der Waals surface area (Å²) < 4.78 is 15.9. The van der Waals surface area contributed by atoms with Gasteiger partial charge in [0.25, 0.3) is 5.91 Å². The minimum absolute atomic E-state index is 0.101. The van der Waals surface area contributed by atoms with Gasteiger partial charge in [0.2, 0.25) is 0 Å². The highest BCUT2D eigenvalue weighted by molar-refractivity contribution is 7.22. The number of anilines is 2. The summed E-state index contributed by atoms with van der Waals surface area (Å²) in [6.07, 6.45) is 9.60. The first-order valence-corrected chi connectivity index (χ1v) is 22.0. The van der Waals surface area contributed by atoms with E-state index in [0.29, 0.717) is 59.1 Å². The van der Waals surface area contributed by atoms with Gasteiger partial charge in [0.1, 0.15) is 11.4 Å². The number of amides is 1. The second-order valence-corrected chi connectivity index (χ2v) is 21.1. The largest absolute Gasteiger partial charge is 0.455 e. The zero-order valence-corrected chi connectivity index (χ0v) is 35.9. The number of nitrogens with zero attached hydrogens (tertiary/aromatic N) is 5. The van der Waals surface area contributed by atoms with E-state index >= 15 is 0 Å². The molecule has 3 N–H and O–H groups in total. The highest BCUT2D eigenvalue weighted by atomic mass is 32.1. The molecule has 59 heavy (non-hydrogen) atoms. The van der Waals surface area contributed by atoms with Crippen molar-refractivity contribution in [1.82, 2.24) is 19.7 Å². The maximum absolute atomic E-state index is 14.1. The number of pyridine rings is 1. The Morgan fingerprint density at radius 1 is 0.949 bits per heavy atom. The zero-order chi connectivity index (χ0) is 41.2. The highest BCUT2D eigenvalue weighted by Gasteiger charge is 2.84. The second-order valence-electron chi connectivity index (χ2n) is 20.0. The minimum atomic E-state index is -0.714. The van der Waals surface area contributed by atoms with E-state index in [9.17, 15) is 9.59 Å². The number of carbonyl (C=O) groups is 2. The fourth-order valence-electron chi connectivity index (χ4n) is 13.2. The first-order valence-electron chi connectivity index (χ1n) is 21.2. The summed E-state index contributed by atoms with van der Waals surface area (Å²) in [6, 6.07) is 17.7. The predicted molar refractivity (Wildman–Crippen MR) is 231 cm³/mol. The average molecular weight is 814 g/mol. The molecule has 308 valence electrons. The molecule has 10 rings (SSSR count). The highest BCUT2D eigenvalue weighted by Crippen LogP contribution is 2.90. The van der Waals surface area contributed by atoms with Gasteiger partial charge >= 0.3 is 5.97 Å². The van der Waals surface area contributed by atoms with Crippen molar-refractivity contribution in [3.8, 4) is 11.1 Å². The van der Waals surface area contributed by atoms with Gasteiger partial charge in [0, 0.05) is 48.6 Å². The summed E-state index contributed by atoms with van der Waals surface area (Å²) in [5, 5.41) is 8.66. The van der Waals surface area contributed by atoms with E-state index in [-0.39, 0.29) is 28.0 Å². The number of fused-ring (bicyclic) bond motifs is 4. The lowest BCUT2D eigenvalue weighted by atomic mass is 9.39. The first-order chi connectivity index (χ1) is 28.1. The molecule has 2 aromatic carbocycles. The van der Waals surface area contributed by atoms with Crippen molar-refractivity contribution in [3.05, 3.63) is 88.9 Å². The van der Waals surface area contributed by atoms with Gasteiger partial charge in [-0.25, -0.2) is 14.8 Å². The summed E-state index contributed by atoms with van der Waals surface area (Å²) in [7, 11) is 0. The lowest BCUT2D eigenvalue weighted by molar-refractivity contribution is -0.178. The molecule has 0 saturated heterocycles. The molecule has 11 nitrogen and oxygen atoms in total. The van der Waals surface area contributed by atoms with E-state index in [1.54, 1.807) is 0 Å². The van der Waals surface area contributed by atoms with Gasteiger partial charge < -0.3 is 20.1 Å². The number of benzene rings is 2. The minimum Gasteiger partial charge on any atom is -0.455 e. The molecule has 1 aliphatic heterocycles. The van der Waals surface area contributed by atoms with Crippen LogP contribution >= 0.6 is 11.3 Å². The number of hydrogen-bond acceptors (Lipinski definition) is 10. The summed E-state index contributed by atoms with van der Waals surface area (Å²) >= 11 is 1.46. The smallest absolute Gasteiger partial charge is 0.358 e. The summed E-state index contributed by atoms with van der Waals surface area (Å²) in [6.45, 7) is 15.9. The van der Waals surface area contributed by atoms with E-state index < -0.39 is 11.6 Å². The molecular formula is C47H55N7O4S. The molecule has 3 aromatic heterocycles. The molecule has 5 atom stereocenters. The van der Waals surface area contributed by atoms with Gasteiger partial charge in [-0.2, -0.15) is 5.10 Å². The van der Waals surface area contributed by atoms with Crippen LogP contribution in [0.1, 0.15) is 111 Å². The Bertz CT molecular complexity index is 2510. The number of ether oxygens (including phenoxy) is 2. The summed E-state index contributed by atoms with van der Waals surface area (Å²) in [5.41, 5.74) is 12.5. The first kappa shape index (κ1) is 38.5. The van der Waals surface area contributed by atoms with Crippen molar-refractivity contribution < 1.29 is 19.1 Å². The Morgan fingerprint density at radius 2 is 1.78 bits per heavy atom. The van der Waals surface area contributed by atoms with Crippen LogP contribution in [0.4, 0.5) is 10.9 Å². The van der Waals surface area contributed by atoms with Crippen molar-refractivity contribution in [1.29, 1.82) is 0 Å². The predicted octanol–water partition coefficient (Wildman–Crippen LogP) is 8.73. The average Bonchev–Trinajstić information content (AvgIpc) is 3.84. The van der Waals surface area contributed by atoms with Gasteiger partial charge in [-0.05, 0) is 136 Å². The molecule has 1 spiro atoms. The summed E-state index contributed by atoms with van der Waals surface area (Å²) in [4.78, 5) is 39.7. The van der Waals surface area contributed by atoms with Gasteiger partial charge in [-0.3, -0.25) is 14.8 Å². The van der Waals surface area contributed by atoms with Crippen molar-refractivity contribution in [2.24, 2.45) is 27.4 Å². The number of nitrogens with one attached hydrogen (secondary N) is 1. The van der Waals surface area contributed by atoms with Crippen LogP contribution in [-0.4, -0.2) is 62.5 Å². The Labute approximate surface area is 350 Å². The Balaban J connectivity index is 0.950. The van der Waals surface area contributed by atoms with Gasteiger partial charge in [-0.15, -0.1) is 0 Å². The molecule has 0 radical (unpaired) electrons. The van der Waals surface area contributed by atoms with Crippen molar-refractivity contribution >= 4 is 44.4 Å². The second kappa shape index (κ2) is 13.2. The SMILES string of the molecule is Cc1c(-c2ccc(N3CCc4cccc(C(=O)Nc5nc6ccccc6s5)c4C3)nc2C(=O)OC(C)(C)C)cnn1CC12CC3(OCCN)CC4(C)CC(C)(C1)C2(C4)C3. The van der Waals surface area contributed by atoms with Gasteiger partial charge in [0.05, 0.1) is 28.6 Å². The number of rotatable bonds is 10. The topological polar surface area (TPSA) is 137 Å². The normalized spacial score (nSPS) is 29.0. The molecule has 5 unspecified atom stereocenters. The Kier molecular flexibility index (Phi) is 8.61. The van der Waals surface area contributed by atoms with E-state index in [1.165, 1.54) is 30.6 Å². The van der Waals surface area contributed by atoms with Gasteiger partial charge in [-0.1, -0.05) is 49.4 Å². The van der Waals surface area contributed by atoms with Crippen LogP contribution < -0.4 is 16.0 Å². The molecule has 5 aromatic rings. The molecule has 3 bridgehead atoms. The molecule has 4 heterocycles. The van der Waals surface area contributed by atoms with Crippen LogP contribution in [0, 0.1) is 28.6 Å². The molecule has 1 amide bonds. The van der Waals surface area contributed by atoms with Crippen molar-refractivity contribution in [3.63, 3.8) is 0 Å². The third-order valence-electron chi connectivity index (χ3n) is 14.7. The molecule has 4 fully saturated rings. The molecule has 4 saturated carbocycles. The van der Waals surface area contributed by atoms with Crippen LogP contribution in [0.2, 0.25) is 0 Å². The van der Waals surface area contributed by atoms with Crippen LogP contribution in [0.25, 0.3) is 21.3 Å². The maximum atomic E-state index is 14.1. The Morgan fingerprint density at radius 3 is 2.58 bits per heavy atom.